The van der Waals surface area contributed by atoms with Crippen LogP contribution in [0.3, 0.4) is 0 Å². The van der Waals surface area contributed by atoms with Gasteiger partial charge in [-0.1, -0.05) is 55.8 Å². The predicted molar refractivity (Wildman–Crippen MR) is 88.8 cm³/mol. The molecule has 0 amide bonds. The van der Waals surface area contributed by atoms with Crippen molar-refractivity contribution in [1.82, 2.24) is 0 Å². The Morgan fingerprint density at radius 2 is 1.58 bits per heavy atom. The third-order valence-electron chi connectivity index (χ3n) is 3.87. The number of benzene rings is 2. The number of Topliss-reactive ketones (excluding diaryl/α,β-unsaturated/α-hetero) is 1. The molecule has 1 atom stereocenters. The summed E-state index contributed by atoms with van der Waals surface area (Å²) in [7, 11) is 0. The Bertz CT molecular complexity index is 765. The Kier molecular flexibility index (Phi) is 5.47. The molecule has 0 aliphatic carbocycles. The van der Waals surface area contributed by atoms with Crippen molar-refractivity contribution < 1.29 is 24.6 Å². The Hall–Kier alpha value is -2.95. The summed E-state index contributed by atoms with van der Waals surface area (Å²) in [5.74, 6) is -3.56. The van der Waals surface area contributed by atoms with Crippen LogP contribution < -0.4 is 0 Å². The van der Waals surface area contributed by atoms with Crippen molar-refractivity contribution in [2.45, 2.75) is 25.7 Å². The van der Waals surface area contributed by atoms with Gasteiger partial charge in [0, 0.05) is 11.5 Å². The molecule has 0 aliphatic rings. The van der Waals surface area contributed by atoms with Gasteiger partial charge in [-0.3, -0.25) is 4.79 Å². The number of hydrogen-bond donors (Lipinski definition) is 2. The second-order valence-electron chi connectivity index (χ2n) is 5.45. The van der Waals surface area contributed by atoms with Crippen LogP contribution in [0.4, 0.5) is 0 Å². The highest BCUT2D eigenvalue weighted by molar-refractivity contribution is 6.06. The van der Waals surface area contributed by atoms with Crippen LogP contribution in [0, 0.1) is 0 Å². The minimum absolute atomic E-state index is 0.206. The van der Waals surface area contributed by atoms with Crippen molar-refractivity contribution in [2.24, 2.45) is 0 Å². The summed E-state index contributed by atoms with van der Waals surface area (Å²) in [6.45, 7) is 1.90. The lowest BCUT2D eigenvalue weighted by molar-refractivity contribution is 0.0649. The van der Waals surface area contributed by atoms with Crippen molar-refractivity contribution in [3.05, 3.63) is 70.8 Å². The average molecular weight is 326 g/mol. The minimum atomic E-state index is -1.34. The largest absolute Gasteiger partial charge is 0.478 e. The first kappa shape index (κ1) is 17.4. The van der Waals surface area contributed by atoms with Crippen LogP contribution in [0.5, 0.6) is 0 Å². The highest BCUT2D eigenvalue weighted by atomic mass is 16.4. The highest BCUT2D eigenvalue weighted by Gasteiger charge is 2.29. The predicted octanol–water partition coefficient (Wildman–Crippen LogP) is 3.85. The molecule has 0 saturated carbocycles. The summed E-state index contributed by atoms with van der Waals surface area (Å²) >= 11 is 0. The van der Waals surface area contributed by atoms with Crippen LogP contribution in [-0.2, 0) is 0 Å². The number of aromatic carboxylic acids is 2. The molecule has 24 heavy (non-hydrogen) atoms. The lowest BCUT2D eigenvalue weighted by Gasteiger charge is -2.19. The van der Waals surface area contributed by atoms with E-state index in [-0.39, 0.29) is 22.5 Å². The van der Waals surface area contributed by atoms with Crippen molar-refractivity contribution in [1.29, 1.82) is 0 Å². The monoisotopic (exact) mass is 326 g/mol. The standard InChI is InChI=1S/C19H18O5/c1-2-7-14(17(20)12-8-4-3-5-9-12)13-10-6-11-15(18(21)22)16(13)19(23)24/h3-6,8-11,14H,2,7H2,1H3,(H,21,22)(H,23,24). The fraction of sp³-hybridized carbons (Fsp3) is 0.211. The van der Waals surface area contributed by atoms with E-state index in [2.05, 4.69) is 0 Å². The maximum Gasteiger partial charge on any atom is 0.336 e. The van der Waals surface area contributed by atoms with Gasteiger partial charge >= 0.3 is 11.9 Å². The van der Waals surface area contributed by atoms with E-state index < -0.39 is 17.9 Å². The quantitative estimate of drug-likeness (QED) is 0.754. The van der Waals surface area contributed by atoms with E-state index in [0.29, 0.717) is 18.4 Å². The van der Waals surface area contributed by atoms with Gasteiger partial charge in [0.25, 0.3) is 0 Å². The van der Waals surface area contributed by atoms with Crippen molar-refractivity contribution in [3.8, 4) is 0 Å². The SMILES string of the molecule is CCCC(C(=O)c1ccccc1)c1cccc(C(=O)O)c1C(=O)O. The Morgan fingerprint density at radius 1 is 0.917 bits per heavy atom. The van der Waals surface area contributed by atoms with Crippen LogP contribution in [0.25, 0.3) is 0 Å². The third-order valence-corrected chi connectivity index (χ3v) is 3.87. The van der Waals surface area contributed by atoms with E-state index in [1.807, 2.05) is 6.92 Å². The minimum Gasteiger partial charge on any atom is -0.478 e. The molecule has 2 N–H and O–H groups in total. The van der Waals surface area contributed by atoms with Crippen LogP contribution in [0.2, 0.25) is 0 Å². The maximum absolute atomic E-state index is 12.9. The van der Waals surface area contributed by atoms with Crippen LogP contribution in [-0.4, -0.2) is 27.9 Å². The molecule has 5 heteroatoms. The number of rotatable bonds is 7. The second-order valence-corrected chi connectivity index (χ2v) is 5.45. The number of carboxylic acid groups (broad SMARTS) is 2. The molecule has 0 aliphatic heterocycles. The molecule has 0 aromatic heterocycles. The number of carbonyl (C=O) groups is 3. The Labute approximate surface area is 139 Å². The second kappa shape index (κ2) is 7.55. The lowest BCUT2D eigenvalue weighted by Crippen LogP contribution is -2.19. The Morgan fingerprint density at radius 3 is 2.12 bits per heavy atom. The zero-order valence-electron chi connectivity index (χ0n) is 13.2. The van der Waals surface area contributed by atoms with Gasteiger partial charge in [0.1, 0.15) is 0 Å². The molecule has 5 nitrogen and oxygen atoms in total. The van der Waals surface area contributed by atoms with Crippen molar-refractivity contribution in [2.75, 3.05) is 0 Å². The van der Waals surface area contributed by atoms with Crippen molar-refractivity contribution in [3.63, 3.8) is 0 Å². The van der Waals surface area contributed by atoms with Gasteiger partial charge in [0.05, 0.1) is 11.1 Å². The van der Waals surface area contributed by atoms with Gasteiger partial charge in [0.2, 0.25) is 0 Å². The molecule has 2 aromatic rings. The molecule has 0 heterocycles. The first-order valence-corrected chi connectivity index (χ1v) is 7.66. The Balaban J connectivity index is 2.60. The molecule has 1 unspecified atom stereocenters. The first-order chi connectivity index (χ1) is 11.5. The molecule has 0 spiro atoms. The highest BCUT2D eigenvalue weighted by Crippen LogP contribution is 2.30. The van der Waals surface area contributed by atoms with Gasteiger partial charge in [-0.25, -0.2) is 9.59 Å². The van der Waals surface area contributed by atoms with E-state index in [1.165, 1.54) is 18.2 Å². The van der Waals surface area contributed by atoms with E-state index in [9.17, 15) is 24.6 Å². The molecule has 2 rings (SSSR count). The fourth-order valence-electron chi connectivity index (χ4n) is 2.80. The molecule has 124 valence electrons. The van der Waals surface area contributed by atoms with Crippen molar-refractivity contribution >= 4 is 17.7 Å². The summed E-state index contributed by atoms with van der Waals surface area (Å²) in [5, 5.41) is 18.7. The van der Waals surface area contributed by atoms with Gasteiger partial charge in [-0.2, -0.15) is 0 Å². The van der Waals surface area contributed by atoms with Crippen LogP contribution in [0.15, 0.2) is 48.5 Å². The molecular formula is C19H18O5. The van der Waals surface area contributed by atoms with Crippen LogP contribution in [0.1, 0.15) is 62.3 Å². The number of hydrogen-bond acceptors (Lipinski definition) is 3. The third kappa shape index (κ3) is 3.51. The average Bonchev–Trinajstić information content (AvgIpc) is 2.59. The molecule has 0 bridgehead atoms. The molecule has 2 aromatic carbocycles. The zero-order valence-corrected chi connectivity index (χ0v) is 13.2. The number of carbonyl (C=O) groups excluding carboxylic acids is 1. The molecule has 0 saturated heterocycles. The molecule has 0 radical (unpaired) electrons. The van der Waals surface area contributed by atoms with E-state index in [4.69, 9.17) is 0 Å². The van der Waals surface area contributed by atoms with Gasteiger partial charge in [-0.15, -0.1) is 0 Å². The van der Waals surface area contributed by atoms with Gasteiger partial charge < -0.3 is 10.2 Å². The first-order valence-electron chi connectivity index (χ1n) is 7.66. The smallest absolute Gasteiger partial charge is 0.336 e. The summed E-state index contributed by atoms with van der Waals surface area (Å²) in [4.78, 5) is 35.8. The fourth-order valence-corrected chi connectivity index (χ4v) is 2.80. The molecular weight excluding hydrogens is 308 g/mol. The van der Waals surface area contributed by atoms with Gasteiger partial charge in [0.15, 0.2) is 5.78 Å². The van der Waals surface area contributed by atoms with Crippen LogP contribution >= 0.6 is 0 Å². The number of carboxylic acids is 2. The summed E-state index contributed by atoms with van der Waals surface area (Å²) in [5.41, 5.74) is 0.112. The summed E-state index contributed by atoms with van der Waals surface area (Å²) in [6.07, 6.45) is 1.11. The van der Waals surface area contributed by atoms with Gasteiger partial charge in [-0.05, 0) is 18.1 Å². The zero-order chi connectivity index (χ0) is 17.7. The summed E-state index contributed by atoms with van der Waals surface area (Å²) in [6, 6.07) is 12.9. The van der Waals surface area contributed by atoms with E-state index in [1.54, 1.807) is 30.3 Å². The molecule has 0 fully saturated rings. The lowest BCUT2D eigenvalue weighted by atomic mass is 9.83. The topological polar surface area (TPSA) is 91.7 Å². The normalized spacial score (nSPS) is 11.7. The summed E-state index contributed by atoms with van der Waals surface area (Å²) < 4.78 is 0. The van der Waals surface area contributed by atoms with E-state index >= 15 is 0 Å². The van der Waals surface area contributed by atoms with E-state index in [0.717, 1.165) is 0 Å². The maximum atomic E-state index is 12.9. The number of ketones is 1.